The van der Waals surface area contributed by atoms with Crippen molar-refractivity contribution in [3.63, 3.8) is 0 Å². The molecule has 23 heavy (non-hydrogen) atoms. The van der Waals surface area contributed by atoms with Crippen molar-refractivity contribution in [3.8, 4) is 11.5 Å². The highest BCUT2D eigenvalue weighted by atomic mass is 32.2. The molecule has 0 aliphatic carbocycles. The van der Waals surface area contributed by atoms with Crippen LogP contribution in [0.25, 0.3) is 0 Å². The molecule has 0 fully saturated rings. The molecule has 0 aliphatic heterocycles. The highest BCUT2D eigenvalue weighted by molar-refractivity contribution is 7.85. The van der Waals surface area contributed by atoms with Crippen LogP contribution >= 0.6 is 0 Å². The van der Waals surface area contributed by atoms with E-state index in [4.69, 9.17) is 4.74 Å². The van der Waals surface area contributed by atoms with Gasteiger partial charge in [0.05, 0.1) is 4.75 Å². The molecule has 2 rings (SSSR count). The fourth-order valence-electron chi connectivity index (χ4n) is 1.61. The summed E-state index contributed by atoms with van der Waals surface area (Å²) in [5.74, 6) is -1.14. The van der Waals surface area contributed by atoms with Gasteiger partial charge in [-0.25, -0.2) is 13.0 Å². The minimum absolute atomic E-state index is 0.0706. The van der Waals surface area contributed by atoms with Gasteiger partial charge in [-0.15, -0.1) is 0 Å². The zero-order valence-electron chi connectivity index (χ0n) is 13.0. The van der Waals surface area contributed by atoms with Crippen molar-refractivity contribution < 1.29 is 17.7 Å². The Bertz CT molecular complexity index is 754. The summed E-state index contributed by atoms with van der Waals surface area (Å²) in [5.41, 5.74) is 0.669. The average Bonchev–Trinajstić information content (AvgIpc) is 2.47. The van der Waals surface area contributed by atoms with Crippen LogP contribution in [0.3, 0.4) is 0 Å². The number of rotatable bonds is 4. The third-order valence-corrected chi connectivity index (χ3v) is 4.15. The second-order valence-electron chi connectivity index (χ2n) is 5.85. The molecule has 0 amide bonds. The van der Waals surface area contributed by atoms with Crippen LogP contribution in [-0.2, 0) is 11.0 Å². The van der Waals surface area contributed by atoms with E-state index in [1.807, 2.05) is 20.8 Å². The van der Waals surface area contributed by atoms with Gasteiger partial charge in [-0.05, 0) is 50.6 Å². The smallest absolute Gasteiger partial charge is 0.168 e. The number of nitrogens with zero attached hydrogens (tertiary/aromatic N) is 1. The molecule has 0 unspecified atom stereocenters. The average molecular weight is 337 g/mol. The molecule has 0 radical (unpaired) electrons. The van der Waals surface area contributed by atoms with Crippen LogP contribution in [-0.4, -0.2) is 15.2 Å². The van der Waals surface area contributed by atoms with Crippen LogP contribution in [0.15, 0.2) is 46.9 Å². The van der Waals surface area contributed by atoms with Gasteiger partial charge in [-0.2, -0.15) is 4.40 Å². The Kier molecular flexibility index (Phi) is 5.26. The molecule has 0 saturated carbocycles. The minimum atomic E-state index is -1.36. The van der Waals surface area contributed by atoms with E-state index in [0.717, 1.165) is 12.1 Å². The van der Waals surface area contributed by atoms with Crippen LogP contribution in [0.4, 0.5) is 8.78 Å². The van der Waals surface area contributed by atoms with Crippen LogP contribution in [0, 0.1) is 11.6 Å². The van der Waals surface area contributed by atoms with Gasteiger partial charge >= 0.3 is 0 Å². The van der Waals surface area contributed by atoms with Crippen molar-refractivity contribution in [2.45, 2.75) is 25.5 Å². The van der Waals surface area contributed by atoms with E-state index in [1.165, 1.54) is 12.3 Å². The molecule has 1 atom stereocenters. The van der Waals surface area contributed by atoms with E-state index in [2.05, 4.69) is 4.40 Å². The number of hydrogen-bond acceptors (Lipinski definition) is 2. The monoisotopic (exact) mass is 337 g/mol. The van der Waals surface area contributed by atoms with Gasteiger partial charge in [0.15, 0.2) is 11.6 Å². The van der Waals surface area contributed by atoms with Gasteiger partial charge < -0.3 is 4.74 Å². The predicted octanol–water partition coefficient (Wildman–Crippen LogP) is 4.64. The maximum atomic E-state index is 13.6. The summed E-state index contributed by atoms with van der Waals surface area (Å²) in [5, 5.41) is 0. The molecular formula is C17H17F2NO2S. The largest absolute Gasteiger partial charge is 0.454 e. The zero-order valence-corrected chi connectivity index (χ0v) is 13.9. The first-order chi connectivity index (χ1) is 10.8. The van der Waals surface area contributed by atoms with Crippen LogP contribution in [0.5, 0.6) is 11.5 Å². The molecule has 3 nitrogen and oxygen atoms in total. The van der Waals surface area contributed by atoms with Gasteiger partial charge in [0.1, 0.15) is 22.6 Å². The summed E-state index contributed by atoms with van der Waals surface area (Å²) in [4.78, 5) is 0. The lowest BCUT2D eigenvalue weighted by Gasteiger charge is -2.12. The first kappa shape index (κ1) is 17.3. The fourth-order valence-corrected chi connectivity index (χ4v) is 2.14. The summed E-state index contributed by atoms with van der Waals surface area (Å²) in [6, 6.07) is 9.84. The second-order valence-corrected chi connectivity index (χ2v) is 7.78. The van der Waals surface area contributed by atoms with E-state index in [0.29, 0.717) is 11.3 Å². The normalized spacial score (nSPS) is 13.3. The zero-order chi connectivity index (χ0) is 17.0. The first-order valence-electron chi connectivity index (χ1n) is 6.95. The highest BCUT2D eigenvalue weighted by Gasteiger charge is 2.18. The number of hydrogen-bond donors (Lipinski definition) is 0. The molecular weight excluding hydrogens is 320 g/mol. The molecule has 0 bridgehead atoms. The minimum Gasteiger partial charge on any atom is -0.454 e. The Labute approximate surface area is 136 Å². The van der Waals surface area contributed by atoms with Crippen molar-refractivity contribution in [2.24, 2.45) is 4.40 Å². The Morgan fingerprint density at radius 1 is 1.13 bits per heavy atom. The molecule has 0 saturated heterocycles. The van der Waals surface area contributed by atoms with Crippen molar-refractivity contribution in [2.75, 3.05) is 0 Å². The number of halogens is 2. The number of benzene rings is 2. The Morgan fingerprint density at radius 3 is 2.52 bits per heavy atom. The summed E-state index contributed by atoms with van der Waals surface area (Å²) in [7, 11) is -1.36. The van der Waals surface area contributed by atoms with Crippen LogP contribution in [0.2, 0.25) is 0 Å². The standard InChI is InChI=1S/C17H17F2NO2S/c1-17(2,3)23(21)20-11-12-5-4-6-14(9-12)22-16-8-7-13(18)10-15(16)19/h4-11H,1-3H3/b20-11+/t23-/m1/s1. The molecule has 122 valence electrons. The molecule has 0 spiro atoms. The first-order valence-corrected chi connectivity index (χ1v) is 8.05. The van der Waals surface area contributed by atoms with E-state index in [9.17, 15) is 13.0 Å². The lowest BCUT2D eigenvalue weighted by atomic mass is 10.2. The third kappa shape index (κ3) is 4.96. The van der Waals surface area contributed by atoms with E-state index >= 15 is 0 Å². The molecule has 0 aromatic heterocycles. The molecule has 2 aromatic carbocycles. The van der Waals surface area contributed by atoms with Crippen molar-refractivity contribution >= 4 is 17.2 Å². The molecule has 2 aromatic rings. The maximum Gasteiger partial charge on any atom is 0.168 e. The summed E-state index contributed by atoms with van der Waals surface area (Å²) in [6.45, 7) is 5.49. The molecule has 0 aliphatic rings. The molecule has 0 heterocycles. The third-order valence-electron chi connectivity index (χ3n) is 2.80. The lowest BCUT2D eigenvalue weighted by molar-refractivity contribution is 0.437. The van der Waals surface area contributed by atoms with E-state index < -0.39 is 27.4 Å². The van der Waals surface area contributed by atoms with Gasteiger partial charge in [0.2, 0.25) is 0 Å². The van der Waals surface area contributed by atoms with Crippen LogP contribution in [0.1, 0.15) is 26.3 Å². The Balaban J connectivity index is 2.17. The Hall–Kier alpha value is -2.08. The van der Waals surface area contributed by atoms with E-state index in [1.54, 1.807) is 24.3 Å². The van der Waals surface area contributed by atoms with Gasteiger partial charge in [0, 0.05) is 12.3 Å². The van der Waals surface area contributed by atoms with Crippen molar-refractivity contribution in [1.82, 2.24) is 0 Å². The van der Waals surface area contributed by atoms with Crippen LogP contribution < -0.4 is 4.74 Å². The summed E-state index contributed by atoms with van der Waals surface area (Å²) >= 11 is 0. The SMILES string of the molecule is CC(C)(C)[S@@](=O)/N=C/c1cccc(Oc2ccc(F)cc2F)c1. The highest BCUT2D eigenvalue weighted by Crippen LogP contribution is 2.25. The lowest BCUT2D eigenvalue weighted by Crippen LogP contribution is -2.19. The predicted molar refractivity (Wildman–Crippen MR) is 88.4 cm³/mol. The van der Waals surface area contributed by atoms with Crippen molar-refractivity contribution in [3.05, 3.63) is 59.7 Å². The topological polar surface area (TPSA) is 38.7 Å². The summed E-state index contributed by atoms with van der Waals surface area (Å²) in [6.07, 6.45) is 1.48. The quantitative estimate of drug-likeness (QED) is 0.763. The molecule has 6 heteroatoms. The Morgan fingerprint density at radius 2 is 1.87 bits per heavy atom. The number of ether oxygens (including phenoxy) is 1. The maximum absolute atomic E-state index is 13.6. The van der Waals surface area contributed by atoms with Crippen molar-refractivity contribution in [1.29, 1.82) is 0 Å². The van der Waals surface area contributed by atoms with Gasteiger partial charge in [-0.3, -0.25) is 0 Å². The summed E-state index contributed by atoms with van der Waals surface area (Å²) < 4.78 is 47.3. The van der Waals surface area contributed by atoms with E-state index in [-0.39, 0.29) is 5.75 Å². The molecule has 0 N–H and O–H groups in total. The van der Waals surface area contributed by atoms with Gasteiger partial charge in [-0.1, -0.05) is 12.1 Å². The second kappa shape index (κ2) is 7.00. The fraction of sp³-hybridized carbons (Fsp3) is 0.235. The van der Waals surface area contributed by atoms with Gasteiger partial charge in [0.25, 0.3) is 0 Å².